The third-order valence-electron chi connectivity index (χ3n) is 5.16. The van der Waals surface area contributed by atoms with Crippen LogP contribution < -0.4 is 10.9 Å². The summed E-state index contributed by atoms with van der Waals surface area (Å²) in [6.07, 6.45) is 1.83. The summed E-state index contributed by atoms with van der Waals surface area (Å²) in [6, 6.07) is 8.09. The van der Waals surface area contributed by atoms with Crippen LogP contribution in [0.4, 0.5) is 4.39 Å². The number of hydrogen-bond acceptors (Lipinski definition) is 5. The number of carbonyl (C=O) groups excluding carboxylic acids is 1. The first-order valence-corrected chi connectivity index (χ1v) is 10.6. The smallest absolute Gasteiger partial charge is 0.268 e. The summed E-state index contributed by atoms with van der Waals surface area (Å²) in [5, 5.41) is 2.89. The van der Waals surface area contributed by atoms with E-state index in [0.717, 1.165) is 29.8 Å². The van der Waals surface area contributed by atoms with Gasteiger partial charge in [-0.2, -0.15) is 0 Å². The summed E-state index contributed by atoms with van der Waals surface area (Å²) in [4.78, 5) is 35.3. The molecular weight excluding hydrogens is 391 g/mol. The highest BCUT2D eigenvalue weighted by atomic mass is 32.1. The first-order valence-electron chi connectivity index (χ1n) is 9.82. The molecule has 4 rings (SSSR count). The molecule has 1 aromatic carbocycles. The van der Waals surface area contributed by atoms with Crippen molar-refractivity contribution in [3.05, 3.63) is 52.3 Å². The van der Waals surface area contributed by atoms with Crippen molar-refractivity contribution in [3.8, 4) is 10.4 Å². The van der Waals surface area contributed by atoms with Gasteiger partial charge in [-0.3, -0.25) is 14.5 Å². The quantitative estimate of drug-likeness (QED) is 0.672. The van der Waals surface area contributed by atoms with Crippen LogP contribution in [0.1, 0.15) is 25.6 Å². The number of piperidine rings is 1. The first kappa shape index (κ1) is 19.7. The summed E-state index contributed by atoms with van der Waals surface area (Å²) in [7, 11) is 0. The predicted molar refractivity (Wildman–Crippen MR) is 112 cm³/mol. The van der Waals surface area contributed by atoms with Gasteiger partial charge in [0.1, 0.15) is 16.3 Å². The van der Waals surface area contributed by atoms with E-state index in [1.54, 1.807) is 12.1 Å². The van der Waals surface area contributed by atoms with Crippen molar-refractivity contribution in [2.45, 2.75) is 26.3 Å². The minimum absolute atomic E-state index is 0.0228. The molecule has 0 aliphatic carbocycles. The summed E-state index contributed by atoms with van der Waals surface area (Å²) in [5.74, 6) is 0.379. The Morgan fingerprint density at radius 2 is 2.17 bits per heavy atom. The Kier molecular flexibility index (Phi) is 5.73. The molecule has 8 heteroatoms. The Morgan fingerprint density at radius 3 is 2.93 bits per heavy atom. The summed E-state index contributed by atoms with van der Waals surface area (Å²) in [5.41, 5.74) is 1.34. The molecule has 3 aromatic rings. The van der Waals surface area contributed by atoms with Crippen LogP contribution in [0.5, 0.6) is 0 Å². The number of nitrogens with zero attached hydrogens (tertiary/aromatic N) is 2. The third-order valence-corrected chi connectivity index (χ3v) is 6.33. The van der Waals surface area contributed by atoms with Crippen molar-refractivity contribution in [1.82, 2.24) is 20.2 Å². The maximum atomic E-state index is 13.2. The van der Waals surface area contributed by atoms with Crippen molar-refractivity contribution in [2.75, 3.05) is 19.6 Å². The maximum absolute atomic E-state index is 13.2. The number of aromatic nitrogens is 2. The average molecular weight is 415 g/mol. The van der Waals surface area contributed by atoms with Gasteiger partial charge in [-0.25, -0.2) is 9.37 Å². The molecule has 29 heavy (non-hydrogen) atoms. The maximum Gasteiger partial charge on any atom is 0.268 e. The second-order valence-corrected chi connectivity index (χ2v) is 8.37. The second-order valence-electron chi connectivity index (χ2n) is 7.31. The van der Waals surface area contributed by atoms with Crippen molar-refractivity contribution in [2.24, 2.45) is 5.92 Å². The fourth-order valence-corrected chi connectivity index (χ4v) is 4.76. The largest absolute Gasteiger partial charge is 0.356 e. The molecule has 0 saturated carbocycles. The molecule has 0 bridgehead atoms. The Morgan fingerprint density at radius 1 is 1.38 bits per heavy atom. The molecule has 0 radical (unpaired) electrons. The lowest BCUT2D eigenvalue weighted by Gasteiger charge is -2.31. The number of hydrogen-bond donors (Lipinski definition) is 2. The van der Waals surface area contributed by atoms with Gasteiger partial charge in [0.05, 0.1) is 18.0 Å². The molecule has 2 aromatic heterocycles. The number of fused-ring (bicyclic) bond motifs is 1. The molecule has 1 aliphatic heterocycles. The van der Waals surface area contributed by atoms with E-state index in [1.165, 1.54) is 23.5 Å². The third kappa shape index (κ3) is 4.38. The van der Waals surface area contributed by atoms with Gasteiger partial charge in [0.2, 0.25) is 5.91 Å². The SMILES string of the molecule is CCNC(=O)[C@@H]1CCCN(Cc2nc3cc(-c4ccc(F)cc4)sc3c(=O)[nH]2)C1. The normalized spacial score (nSPS) is 17.5. The highest BCUT2D eigenvalue weighted by Gasteiger charge is 2.26. The van der Waals surface area contributed by atoms with Gasteiger partial charge in [-0.15, -0.1) is 11.3 Å². The van der Waals surface area contributed by atoms with Crippen LogP contribution in [0, 0.1) is 11.7 Å². The second kappa shape index (κ2) is 8.42. The summed E-state index contributed by atoms with van der Waals surface area (Å²) >= 11 is 1.35. The highest BCUT2D eigenvalue weighted by molar-refractivity contribution is 7.22. The fraction of sp³-hybridized carbons (Fsp3) is 0.381. The number of rotatable bonds is 5. The first-order chi connectivity index (χ1) is 14.0. The van der Waals surface area contributed by atoms with Gasteiger partial charge in [0.15, 0.2) is 0 Å². The molecule has 1 atom stereocenters. The number of benzene rings is 1. The highest BCUT2D eigenvalue weighted by Crippen LogP contribution is 2.31. The van der Waals surface area contributed by atoms with Gasteiger partial charge in [0, 0.05) is 18.0 Å². The van der Waals surface area contributed by atoms with E-state index in [-0.39, 0.29) is 23.2 Å². The number of thiophene rings is 1. The van der Waals surface area contributed by atoms with E-state index in [4.69, 9.17) is 0 Å². The molecular formula is C21H23FN4O2S. The zero-order valence-corrected chi connectivity index (χ0v) is 17.0. The fourth-order valence-electron chi connectivity index (χ4n) is 3.76. The number of halogens is 1. The van der Waals surface area contributed by atoms with E-state index < -0.39 is 0 Å². The standard InChI is InChI=1S/C21H23FN4O2S/c1-2-23-20(27)14-4-3-9-26(11-14)12-18-24-16-10-17(29-19(16)21(28)25-18)13-5-7-15(22)8-6-13/h5-8,10,14H,2-4,9,11-12H2,1H3,(H,23,27)(H,24,25,28)/t14-/m1/s1. The molecule has 6 nitrogen and oxygen atoms in total. The minimum Gasteiger partial charge on any atom is -0.356 e. The van der Waals surface area contributed by atoms with Gasteiger partial charge < -0.3 is 10.3 Å². The lowest BCUT2D eigenvalue weighted by atomic mass is 9.97. The molecule has 1 saturated heterocycles. The Balaban J connectivity index is 1.54. The molecule has 1 aliphatic rings. The van der Waals surface area contributed by atoms with E-state index in [2.05, 4.69) is 20.2 Å². The van der Waals surface area contributed by atoms with Gasteiger partial charge >= 0.3 is 0 Å². The number of likely N-dealkylation sites (tertiary alicyclic amines) is 1. The van der Waals surface area contributed by atoms with Crippen molar-refractivity contribution in [1.29, 1.82) is 0 Å². The number of aromatic amines is 1. The molecule has 1 amide bonds. The van der Waals surface area contributed by atoms with Gasteiger partial charge in [0.25, 0.3) is 5.56 Å². The summed E-state index contributed by atoms with van der Waals surface area (Å²) < 4.78 is 13.7. The van der Waals surface area contributed by atoms with Crippen molar-refractivity contribution < 1.29 is 9.18 Å². The Bertz CT molecular complexity index is 1080. The Labute approximate surface area is 171 Å². The van der Waals surface area contributed by atoms with Crippen LogP contribution in [-0.4, -0.2) is 40.4 Å². The topological polar surface area (TPSA) is 78.1 Å². The number of amides is 1. The monoisotopic (exact) mass is 414 g/mol. The molecule has 1 fully saturated rings. The van der Waals surface area contributed by atoms with Gasteiger partial charge in [-0.1, -0.05) is 12.1 Å². The zero-order chi connectivity index (χ0) is 20.4. The van der Waals surface area contributed by atoms with E-state index in [9.17, 15) is 14.0 Å². The summed E-state index contributed by atoms with van der Waals surface area (Å²) in [6.45, 7) is 4.60. The number of H-pyrrole nitrogens is 1. The van der Waals surface area contributed by atoms with Gasteiger partial charge in [-0.05, 0) is 50.1 Å². The lowest BCUT2D eigenvalue weighted by molar-refractivity contribution is -0.126. The van der Waals surface area contributed by atoms with Crippen LogP contribution in [0.3, 0.4) is 0 Å². The molecule has 2 N–H and O–H groups in total. The van der Waals surface area contributed by atoms with E-state index >= 15 is 0 Å². The van der Waals surface area contributed by atoms with Crippen LogP contribution in [-0.2, 0) is 11.3 Å². The number of nitrogens with one attached hydrogen (secondary N) is 2. The lowest BCUT2D eigenvalue weighted by Crippen LogP contribution is -2.43. The van der Waals surface area contributed by atoms with Crippen molar-refractivity contribution in [3.63, 3.8) is 0 Å². The van der Waals surface area contributed by atoms with E-state index in [0.29, 0.717) is 35.7 Å². The molecule has 0 unspecified atom stereocenters. The predicted octanol–water partition coefficient (Wildman–Crippen LogP) is 3.14. The van der Waals surface area contributed by atoms with Crippen LogP contribution >= 0.6 is 11.3 Å². The van der Waals surface area contributed by atoms with E-state index in [1.807, 2.05) is 13.0 Å². The molecule has 152 valence electrons. The Hall–Kier alpha value is -2.58. The van der Waals surface area contributed by atoms with Crippen LogP contribution in [0.15, 0.2) is 35.1 Å². The zero-order valence-electron chi connectivity index (χ0n) is 16.2. The van der Waals surface area contributed by atoms with Crippen molar-refractivity contribution >= 4 is 27.5 Å². The van der Waals surface area contributed by atoms with Crippen LogP contribution in [0.25, 0.3) is 20.7 Å². The average Bonchev–Trinajstić information content (AvgIpc) is 3.14. The molecule has 3 heterocycles. The van der Waals surface area contributed by atoms with Crippen LogP contribution in [0.2, 0.25) is 0 Å². The number of carbonyl (C=O) groups is 1. The molecule has 0 spiro atoms. The minimum atomic E-state index is -0.291.